The number of hydrogen-bond donors (Lipinski definition) is 1. The van der Waals surface area contributed by atoms with Crippen LogP contribution in [0, 0.1) is 5.82 Å². The second kappa shape index (κ2) is 6.08. The number of anilines is 1. The summed E-state index contributed by atoms with van der Waals surface area (Å²) < 4.78 is 18.8. The van der Waals surface area contributed by atoms with Crippen molar-refractivity contribution in [1.82, 2.24) is 0 Å². The molecule has 106 valence electrons. The highest BCUT2D eigenvalue weighted by atomic mass is 35.5. The summed E-state index contributed by atoms with van der Waals surface area (Å²) in [5.74, 6) is -0.0377. The van der Waals surface area contributed by atoms with Crippen molar-refractivity contribution in [3.05, 3.63) is 45.2 Å². The lowest BCUT2D eigenvalue weighted by atomic mass is 10.0. The summed E-state index contributed by atoms with van der Waals surface area (Å²) >= 11 is 18.2. The predicted octanol–water partition coefficient (Wildman–Crippen LogP) is 5.43. The number of benzene rings is 2. The second-order valence-electron chi connectivity index (χ2n) is 4.04. The Kier molecular flexibility index (Phi) is 4.63. The van der Waals surface area contributed by atoms with Crippen LogP contribution in [0.1, 0.15) is 6.92 Å². The molecule has 0 fully saturated rings. The Hall–Kier alpha value is -1.16. The highest BCUT2D eigenvalue weighted by Crippen LogP contribution is 2.41. The summed E-state index contributed by atoms with van der Waals surface area (Å²) in [6, 6.07) is 5.56. The standard InChI is InChI=1S/C14H11Cl3FNO/c1-2-20-13-6-10(15)8(5-11(13)16)9-3-7(18)4-12(17)14(9)19/h3-6H,2,19H2,1H3. The molecule has 0 amide bonds. The van der Waals surface area contributed by atoms with E-state index in [0.717, 1.165) is 6.07 Å². The molecule has 0 aliphatic heterocycles. The molecule has 2 aromatic carbocycles. The Morgan fingerprint density at radius 1 is 1.00 bits per heavy atom. The zero-order valence-corrected chi connectivity index (χ0v) is 12.8. The zero-order chi connectivity index (χ0) is 14.9. The summed E-state index contributed by atoms with van der Waals surface area (Å²) in [7, 11) is 0. The summed E-state index contributed by atoms with van der Waals surface area (Å²) in [6.45, 7) is 2.30. The molecular weight excluding hydrogens is 324 g/mol. The van der Waals surface area contributed by atoms with Crippen LogP contribution >= 0.6 is 34.8 Å². The molecule has 6 heteroatoms. The van der Waals surface area contributed by atoms with Crippen LogP contribution in [0.2, 0.25) is 15.1 Å². The number of rotatable bonds is 3. The van der Waals surface area contributed by atoms with Gasteiger partial charge in [0.05, 0.1) is 27.4 Å². The Balaban J connectivity index is 2.62. The van der Waals surface area contributed by atoms with E-state index in [9.17, 15) is 4.39 Å². The van der Waals surface area contributed by atoms with Gasteiger partial charge in [0, 0.05) is 17.2 Å². The molecule has 2 aromatic rings. The maximum Gasteiger partial charge on any atom is 0.139 e. The molecule has 0 aliphatic carbocycles. The van der Waals surface area contributed by atoms with Crippen LogP contribution in [0.15, 0.2) is 24.3 Å². The molecule has 0 aliphatic rings. The molecule has 0 bridgehead atoms. The predicted molar refractivity (Wildman–Crippen MR) is 82.4 cm³/mol. The first kappa shape index (κ1) is 15.2. The molecule has 2 rings (SSSR count). The largest absolute Gasteiger partial charge is 0.492 e. The maximum absolute atomic E-state index is 13.5. The smallest absolute Gasteiger partial charge is 0.139 e. The van der Waals surface area contributed by atoms with Crippen LogP contribution < -0.4 is 10.5 Å². The summed E-state index contributed by atoms with van der Waals surface area (Å²) in [4.78, 5) is 0. The molecule has 0 radical (unpaired) electrons. The molecule has 0 atom stereocenters. The van der Waals surface area contributed by atoms with Crippen LogP contribution in [-0.4, -0.2) is 6.61 Å². The minimum Gasteiger partial charge on any atom is -0.492 e. The fourth-order valence-corrected chi connectivity index (χ4v) is 2.49. The van der Waals surface area contributed by atoms with Gasteiger partial charge in [-0.05, 0) is 25.1 Å². The number of nitrogen functional groups attached to an aromatic ring is 1. The molecule has 2 N–H and O–H groups in total. The van der Waals surface area contributed by atoms with Crippen molar-refractivity contribution in [3.8, 4) is 16.9 Å². The molecule has 0 unspecified atom stereocenters. The lowest BCUT2D eigenvalue weighted by Crippen LogP contribution is -1.96. The van der Waals surface area contributed by atoms with Gasteiger partial charge in [0.25, 0.3) is 0 Å². The van der Waals surface area contributed by atoms with Crippen molar-refractivity contribution in [2.24, 2.45) is 0 Å². The number of ether oxygens (including phenoxy) is 1. The number of nitrogens with two attached hydrogens (primary N) is 1. The second-order valence-corrected chi connectivity index (χ2v) is 5.27. The van der Waals surface area contributed by atoms with Crippen LogP contribution in [0.5, 0.6) is 5.75 Å². The lowest BCUT2D eigenvalue weighted by Gasteiger charge is -2.13. The third-order valence-electron chi connectivity index (χ3n) is 2.71. The van der Waals surface area contributed by atoms with Crippen LogP contribution in [-0.2, 0) is 0 Å². The van der Waals surface area contributed by atoms with Gasteiger partial charge in [0.15, 0.2) is 0 Å². The van der Waals surface area contributed by atoms with Crippen molar-refractivity contribution in [2.45, 2.75) is 6.92 Å². The molecule has 0 aromatic heterocycles. The SMILES string of the molecule is CCOc1cc(Cl)c(-c2cc(F)cc(Cl)c2N)cc1Cl. The average Bonchev–Trinajstić information content (AvgIpc) is 2.38. The molecular formula is C14H11Cl3FNO. The van der Waals surface area contributed by atoms with Gasteiger partial charge in [-0.25, -0.2) is 4.39 Å². The highest BCUT2D eigenvalue weighted by molar-refractivity contribution is 6.37. The van der Waals surface area contributed by atoms with Crippen molar-refractivity contribution < 1.29 is 9.13 Å². The monoisotopic (exact) mass is 333 g/mol. The van der Waals surface area contributed by atoms with E-state index in [1.165, 1.54) is 6.07 Å². The molecule has 0 heterocycles. The van der Waals surface area contributed by atoms with Gasteiger partial charge in [-0.1, -0.05) is 34.8 Å². The van der Waals surface area contributed by atoms with Crippen molar-refractivity contribution in [2.75, 3.05) is 12.3 Å². The Labute approximate surface area is 131 Å². The molecule has 20 heavy (non-hydrogen) atoms. The molecule has 2 nitrogen and oxygen atoms in total. The van der Waals surface area contributed by atoms with E-state index in [1.807, 2.05) is 6.92 Å². The first-order valence-electron chi connectivity index (χ1n) is 5.80. The van der Waals surface area contributed by atoms with E-state index in [2.05, 4.69) is 0 Å². The number of hydrogen-bond acceptors (Lipinski definition) is 2. The van der Waals surface area contributed by atoms with E-state index in [0.29, 0.717) is 33.5 Å². The average molecular weight is 335 g/mol. The first-order valence-corrected chi connectivity index (χ1v) is 6.94. The van der Waals surface area contributed by atoms with Gasteiger partial charge in [0.1, 0.15) is 11.6 Å². The van der Waals surface area contributed by atoms with E-state index >= 15 is 0 Å². The Bertz CT molecular complexity index is 661. The molecule has 0 spiro atoms. The van der Waals surface area contributed by atoms with Gasteiger partial charge >= 0.3 is 0 Å². The van der Waals surface area contributed by atoms with Crippen LogP contribution in [0.25, 0.3) is 11.1 Å². The fourth-order valence-electron chi connectivity index (χ4n) is 1.81. The van der Waals surface area contributed by atoms with Crippen molar-refractivity contribution in [1.29, 1.82) is 0 Å². The topological polar surface area (TPSA) is 35.2 Å². The lowest BCUT2D eigenvalue weighted by molar-refractivity contribution is 0.340. The van der Waals surface area contributed by atoms with E-state index in [1.54, 1.807) is 12.1 Å². The quantitative estimate of drug-likeness (QED) is 0.759. The molecule has 0 saturated heterocycles. The van der Waals surface area contributed by atoms with Gasteiger partial charge in [-0.2, -0.15) is 0 Å². The Morgan fingerprint density at radius 3 is 2.35 bits per heavy atom. The van der Waals surface area contributed by atoms with Crippen LogP contribution in [0.4, 0.5) is 10.1 Å². The van der Waals surface area contributed by atoms with E-state index < -0.39 is 5.82 Å². The van der Waals surface area contributed by atoms with Gasteiger partial charge in [-0.15, -0.1) is 0 Å². The fraction of sp³-hybridized carbons (Fsp3) is 0.143. The summed E-state index contributed by atoms with van der Waals surface area (Å²) in [5, 5.41) is 0.846. The van der Waals surface area contributed by atoms with Gasteiger partial charge < -0.3 is 10.5 Å². The summed E-state index contributed by atoms with van der Waals surface area (Å²) in [5.41, 5.74) is 7.01. The van der Waals surface area contributed by atoms with Crippen molar-refractivity contribution >= 4 is 40.5 Å². The van der Waals surface area contributed by atoms with Gasteiger partial charge in [-0.3, -0.25) is 0 Å². The summed E-state index contributed by atoms with van der Waals surface area (Å²) in [6.07, 6.45) is 0. The van der Waals surface area contributed by atoms with E-state index in [-0.39, 0.29) is 10.7 Å². The Morgan fingerprint density at radius 2 is 1.70 bits per heavy atom. The normalized spacial score (nSPS) is 10.7. The third kappa shape index (κ3) is 2.95. The first-order chi connectivity index (χ1) is 9.43. The maximum atomic E-state index is 13.5. The zero-order valence-electron chi connectivity index (χ0n) is 10.5. The number of halogens is 4. The third-order valence-corrected chi connectivity index (χ3v) is 3.63. The highest BCUT2D eigenvalue weighted by Gasteiger charge is 2.15. The minimum atomic E-state index is -0.500. The van der Waals surface area contributed by atoms with Crippen LogP contribution in [0.3, 0.4) is 0 Å². The molecule has 0 saturated carbocycles. The van der Waals surface area contributed by atoms with Gasteiger partial charge in [0.2, 0.25) is 0 Å². The minimum absolute atomic E-state index is 0.126. The van der Waals surface area contributed by atoms with Crippen molar-refractivity contribution in [3.63, 3.8) is 0 Å². The van der Waals surface area contributed by atoms with E-state index in [4.69, 9.17) is 45.3 Å².